The second-order valence-electron chi connectivity index (χ2n) is 12.8. The number of hydrogen-bond donors (Lipinski definition) is 4. The predicted molar refractivity (Wildman–Crippen MR) is 185 cm³/mol. The van der Waals surface area contributed by atoms with Crippen molar-refractivity contribution < 1.29 is 23.9 Å². The minimum absolute atomic E-state index is 0.0838. The van der Waals surface area contributed by atoms with E-state index in [0.29, 0.717) is 13.0 Å². The Morgan fingerprint density at radius 3 is 1.85 bits per heavy atom. The van der Waals surface area contributed by atoms with Gasteiger partial charge < -0.3 is 35.0 Å². The molecule has 0 spiro atoms. The van der Waals surface area contributed by atoms with Crippen LogP contribution in [-0.2, 0) is 38.3 Å². The van der Waals surface area contributed by atoms with Crippen LogP contribution in [0.5, 0.6) is 0 Å². The van der Waals surface area contributed by atoms with Crippen LogP contribution < -0.4 is 10.6 Å². The molecule has 10 heteroatoms. The van der Waals surface area contributed by atoms with Crippen molar-refractivity contribution in [2.24, 2.45) is 0 Å². The van der Waals surface area contributed by atoms with E-state index in [2.05, 4.69) is 20.6 Å². The molecule has 250 valence electrons. The molecule has 0 radical (unpaired) electrons. The van der Waals surface area contributed by atoms with Gasteiger partial charge in [-0.15, -0.1) is 0 Å². The second kappa shape index (κ2) is 16.2. The number of ether oxygens (including phenoxy) is 2. The Morgan fingerprint density at radius 1 is 0.804 bits per heavy atom. The van der Waals surface area contributed by atoms with Gasteiger partial charge in [0.2, 0.25) is 0 Å². The van der Waals surface area contributed by atoms with Gasteiger partial charge >= 0.3 is 18.0 Å². The zero-order valence-electron chi connectivity index (χ0n) is 28.8. The Labute approximate surface area is 272 Å². The first-order valence-corrected chi connectivity index (χ1v) is 16.0. The number of nitrogens with zero attached hydrogens (tertiary/aromatic N) is 1. The van der Waals surface area contributed by atoms with E-state index in [4.69, 9.17) is 9.47 Å². The topological polar surface area (TPSA) is 129 Å². The number of hydrogen-bond acceptors (Lipinski definition) is 6. The third kappa shape index (κ3) is 10.0. The highest BCUT2D eigenvalue weighted by Gasteiger charge is 2.22. The molecule has 0 saturated heterocycles. The molecule has 0 unspecified atom stereocenters. The Hall–Kier alpha value is -4.47. The molecule has 2 heterocycles. The summed E-state index contributed by atoms with van der Waals surface area (Å²) in [5.41, 5.74) is 5.55. The van der Waals surface area contributed by atoms with E-state index >= 15 is 0 Å². The van der Waals surface area contributed by atoms with Crippen molar-refractivity contribution >= 4 is 45.5 Å². The highest BCUT2D eigenvalue weighted by Crippen LogP contribution is 2.28. The number of amides is 2. The number of para-hydroxylation sites is 2. The largest absolute Gasteiger partial charge is 0.463 e. The average Bonchev–Trinajstić information content (AvgIpc) is 3.48. The molecule has 0 aliphatic heterocycles. The van der Waals surface area contributed by atoms with Gasteiger partial charge in [-0.2, -0.15) is 0 Å². The minimum Gasteiger partial charge on any atom is -0.463 e. The van der Waals surface area contributed by atoms with E-state index in [1.54, 1.807) is 11.9 Å². The van der Waals surface area contributed by atoms with Crippen molar-refractivity contribution in [1.82, 2.24) is 20.2 Å². The first-order valence-electron chi connectivity index (χ1n) is 16.0. The molecular formula is C36H51N5O5. The minimum atomic E-state index is -0.255. The summed E-state index contributed by atoms with van der Waals surface area (Å²) in [4.78, 5) is 44.5. The Morgan fingerprint density at radius 2 is 1.30 bits per heavy atom. The smallest absolute Gasteiger partial charge is 0.317 e. The lowest BCUT2D eigenvalue weighted by Gasteiger charge is -2.32. The molecule has 2 aromatic carbocycles. The Bertz CT molecular complexity index is 1610. The summed E-state index contributed by atoms with van der Waals surface area (Å²) in [6, 6.07) is 15.9. The molecule has 4 rings (SSSR count). The van der Waals surface area contributed by atoms with Gasteiger partial charge in [-0.05, 0) is 79.5 Å². The number of carbonyl (C=O) groups is 3. The van der Waals surface area contributed by atoms with Crippen LogP contribution in [0.2, 0.25) is 0 Å². The van der Waals surface area contributed by atoms with E-state index < -0.39 is 0 Å². The van der Waals surface area contributed by atoms with Crippen LogP contribution in [0.25, 0.3) is 21.8 Å². The standard InChI is InChI=1S/C21H31N3O3.C15H20N2O2/c1-14(2)27-19(25)13-18-16(15-9-7-8-10-17(15)23-18)11-12-22-20(26)24(6)21(3,4)5;1-4-16-15-11-7-5-6-8-12(11)17-13(15)9-14(18)19-10(2)3/h7-10,14,23H,11-13H2,1-6H3,(H,22,26);5-8,10,16-17H,4,9H2,1-3H3. The third-order valence-electron chi connectivity index (χ3n) is 7.38. The van der Waals surface area contributed by atoms with Crippen LogP contribution in [0.1, 0.15) is 72.3 Å². The van der Waals surface area contributed by atoms with Gasteiger partial charge in [-0.25, -0.2) is 4.79 Å². The molecule has 0 bridgehead atoms. The molecule has 0 saturated carbocycles. The van der Waals surface area contributed by atoms with Crippen molar-refractivity contribution in [3.63, 3.8) is 0 Å². The summed E-state index contributed by atoms with van der Waals surface area (Å²) in [7, 11) is 1.79. The van der Waals surface area contributed by atoms with E-state index in [0.717, 1.165) is 51.0 Å². The number of anilines is 1. The molecule has 46 heavy (non-hydrogen) atoms. The molecule has 0 aliphatic carbocycles. The zero-order chi connectivity index (χ0) is 34.0. The number of rotatable bonds is 11. The number of urea groups is 1. The molecule has 0 aliphatic rings. The van der Waals surface area contributed by atoms with Gasteiger partial charge in [0.1, 0.15) is 0 Å². The molecule has 2 amide bonds. The van der Waals surface area contributed by atoms with Crippen molar-refractivity contribution in [3.05, 3.63) is 65.5 Å². The maximum absolute atomic E-state index is 12.3. The fourth-order valence-electron chi connectivity index (χ4n) is 5.02. The normalized spacial score (nSPS) is 11.4. The van der Waals surface area contributed by atoms with Crippen molar-refractivity contribution in [3.8, 4) is 0 Å². The lowest BCUT2D eigenvalue weighted by Crippen LogP contribution is -2.48. The van der Waals surface area contributed by atoms with Gasteiger partial charge in [0.05, 0.1) is 36.4 Å². The monoisotopic (exact) mass is 633 g/mol. The number of H-pyrrole nitrogens is 2. The molecule has 0 atom stereocenters. The fourth-order valence-corrected chi connectivity index (χ4v) is 5.02. The Kier molecular flexibility index (Phi) is 12.7. The van der Waals surface area contributed by atoms with Crippen LogP contribution >= 0.6 is 0 Å². The van der Waals surface area contributed by atoms with Crippen LogP contribution in [-0.4, -0.2) is 70.7 Å². The molecule has 4 aromatic rings. The quantitative estimate of drug-likeness (QED) is 0.136. The molecule has 2 aromatic heterocycles. The number of nitrogens with one attached hydrogen (secondary N) is 4. The highest BCUT2D eigenvalue weighted by molar-refractivity contribution is 5.96. The van der Waals surface area contributed by atoms with Crippen LogP contribution in [0.15, 0.2) is 48.5 Å². The predicted octanol–water partition coefficient (Wildman–Crippen LogP) is 6.74. The van der Waals surface area contributed by atoms with Gasteiger partial charge in [0.15, 0.2) is 0 Å². The number of aromatic nitrogens is 2. The highest BCUT2D eigenvalue weighted by atomic mass is 16.5. The number of aromatic amines is 2. The lowest BCUT2D eigenvalue weighted by molar-refractivity contribution is -0.147. The Balaban J connectivity index is 0.000000266. The molecule has 4 N–H and O–H groups in total. The van der Waals surface area contributed by atoms with Gasteiger partial charge in [0.25, 0.3) is 0 Å². The molecule has 0 fully saturated rings. The summed E-state index contributed by atoms with van der Waals surface area (Å²) in [5, 5.41) is 8.46. The summed E-state index contributed by atoms with van der Waals surface area (Å²) < 4.78 is 10.5. The van der Waals surface area contributed by atoms with Crippen molar-refractivity contribution in [2.75, 3.05) is 25.5 Å². The van der Waals surface area contributed by atoms with E-state index in [1.807, 2.05) is 104 Å². The van der Waals surface area contributed by atoms with Crippen LogP contribution in [0, 0.1) is 0 Å². The summed E-state index contributed by atoms with van der Waals surface area (Å²) >= 11 is 0. The van der Waals surface area contributed by atoms with Gasteiger partial charge in [-0.3, -0.25) is 9.59 Å². The van der Waals surface area contributed by atoms with Crippen LogP contribution in [0.4, 0.5) is 10.5 Å². The van der Waals surface area contributed by atoms with E-state index in [9.17, 15) is 14.4 Å². The number of benzene rings is 2. The van der Waals surface area contributed by atoms with Crippen molar-refractivity contribution in [1.29, 1.82) is 0 Å². The van der Waals surface area contributed by atoms with Crippen molar-refractivity contribution in [2.45, 2.75) is 92.4 Å². The lowest BCUT2D eigenvalue weighted by atomic mass is 10.1. The summed E-state index contributed by atoms with van der Waals surface area (Å²) in [6.45, 7) is 16.7. The molecule has 10 nitrogen and oxygen atoms in total. The van der Waals surface area contributed by atoms with E-state index in [1.165, 1.54) is 0 Å². The molecular weight excluding hydrogens is 582 g/mol. The average molecular weight is 634 g/mol. The first kappa shape index (κ1) is 36.0. The number of esters is 2. The summed E-state index contributed by atoms with van der Waals surface area (Å²) in [5.74, 6) is -0.463. The zero-order valence-corrected chi connectivity index (χ0v) is 28.8. The second-order valence-corrected chi connectivity index (χ2v) is 12.8. The van der Waals surface area contributed by atoms with Gasteiger partial charge in [-0.1, -0.05) is 36.4 Å². The maximum atomic E-state index is 12.3. The number of carbonyl (C=O) groups excluding carboxylic acids is 3. The maximum Gasteiger partial charge on any atom is 0.317 e. The fraction of sp³-hybridized carbons (Fsp3) is 0.472. The van der Waals surface area contributed by atoms with Gasteiger partial charge in [0, 0.05) is 53.2 Å². The summed E-state index contributed by atoms with van der Waals surface area (Å²) in [6.07, 6.45) is 0.864. The van der Waals surface area contributed by atoms with E-state index in [-0.39, 0.29) is 48.6 Å². The number of fused-ring (bicyclic) bond motifs is 2. The first-order chi connectivity index (χ1) is 21.7. The third-order valence-corrected chi connectivity index (χ3v) is 7.38. The SMILES string of the molecule is CC(C)OC(=O)Cc1[nH]c2ccccc2c1CCNC(=O)N(C)C(C)(C)C.CCNc1c(CC(=O)OC(C)C)[nH]c2ccccc12. The van der Waals surface area contributed by atoms with Crippen LogP contribution in [0.3, 0.4) is 0 Å².